The van der Waals surface area contributed by atoms with Gasteiger partial charge in [0.1, 0.15) is 17.8 Å². The van der Waals surface area contributed by atoms with Gasteiger partial charge in [-0.05, 0) is 6.07 Å². The maximum absolute atomic E-state index is 12.2. The van der Waals surface area contributed by atoms with E-state index in [1.807, 2.05) is 0 Å². The van der Waals surface area contributed by atoms with Gasteiger partial charge in [0.15, 0.2) is 5.82 Å². The number of nitrogens with two attached hydrogens (primary N) is 1. The van der Waals surface area contributed by atoms with Crippen molar-refractivity contribution in [2.45, 2.75) is 6.54 Å². The molecular weight excluding hydrogens is 274 g/mol. The Kier molecular flexibility index (Phi) is 4.27. The van der Waals surface area contributed by atoms with Crippen molar-refractivity contribution in [1.29, 1.82) is 0 Å². The third kappa shape index (κ3) is 3.22. The zero-order chi connectivity index (χ0) is 15.4. The summed E-state index contributed by atoms with van der Waals surface area (Å²) in [5.74, 6) is 1.04. The molecule has 0 radical (unpaired) electrons. The number of hydrogen-bond donors (Lipinski definition) is 2. The van der Waals surface area contributed by atoms with E-state index in [-0.39, 0.29) is 23.7 Å². The van der Waals surface area contributed by atoms with Gasteiger partial charge in [-0.2, -0.15) is 5.10 Å². The topological polar surface area (TPSA) is 104 Å². The average molecular weight is 291 g/mol. The maximum Gasteiger partial charge on any atom is 0.254 e. The highest BCUT2D eigenvalue weighted by Gasteiger charge is 2.16. The number of nitrogens with zero attached hydrogens (tertiary/aromatic N) is 3. The van der Waals surface area contributed by atoms with Gasteiger partial charge in [-0.15, -0.1) is 0 Å². The molecule has 0 saturated heterocycles. The summed E-state index contributed by atoms with van der Waals surface area (Å²) in [5, 5.41) is 6.78. The van der Waals surface area contributed by atoms with E-state index >= 15 is 0 Å². The van der Waals surface area contributed by atoms with Gasteiger partial charge in [-0.25, -0.2) is 4.98 Å². The SMILES string of the molecule is COc1cc(OC)c(N)c(C(=O)NCc2ncn(C)n2)c1. The molecule has 0 aliphatic carbocycles. The third-order valence-electron chi connectivity index (χ3n) is 2.87. The second-order valence-corrected chi connectivity index (χ2v) is 4.31. The molecule has 1 aromatic carbocycles. The Labute approximate surface area is 121 Å². The van der Waals surface area contributed by atoms with E-state index in [1.54, 1.807) is 30.2 Å². The number of aryl methyl sites for hydroxylation is 1. The van der Waals surface area contributed by atoms with Crippen molar-refractivity contribution in [3.63, 3.8) is 0 Å². The van der Waals surface area contributed by atoms with Crippen molar-refractivity contribution in [2.24, 2.45) is 7.05 Å². The Bertz CT molecular complexity index is 653. The molecular formula is C13H17N5O3. The lowest BCUT2D eigenvalue weighted by Gasteiger charge is -2.12. The lowest BCUT2D eigenvalue weighted by molar-refractivity contribution is 0.0950. The lowest BCUT2D eigenvalue weighted by atomic mass is 10.1. The number of nitrogens with one attached hydrogen (secondary N) is 1. The molecule has 8 nitrogen and oxygen atoms in total. The van der Waals surface area contributed by atoms with E-state index in [1.165, 1.54) is 14.2 Å². The molecule has 0 aliphatic heterocycles. The molecule has 0 saturated carbocycles. The van der Waals surface area contributed by atoms with E-state index in [0.29, 0.717) is 17.3 Å². The number of benzene rings is 1. The second kappa shape index (κ2) is 6.12. The molecule has 0 unspecified atom stereocenters. The van der Waals surface area contributed by atoms with Crippen molar-refractivity contribution < 1.29 is 14.3 Å². The zero-order valence-corrected chi connectivity index (χ0v) is 12.1. The number of rotatable bonds is 5. The minimum atomic E-state index is -0.350. The Balaban J connectivity index is 2.18. The van der Waals surface area contributed by atoms with Crippen molar-refractivity contribution >= 4 is 11.6 Å². The third-order valence-corrected chi connectivity index (χ3v) is 2.87. The number of amides is 1. The molecule has 0 bridgehead atoms. The first-order valence-corrected chi connectivity index (χ1v) is 6.19. The van der Waals surface area contributed by atoms with Crippen LogP contribution in [-0.2, 0) is 13.6 Å². The summed E-state index contributed by atoms with van der Waals surface area (Å²) in [7, 11) is 4.73. The average Bonchev–Trinajstić information content (AvgIpc) is 2.90. The molecule has 1 aromatic heterocycles. The van der Waals surface area contributed by atoms with E-state index in [4.69, 9.17) is 15.2 Å². The van der Waals surface area contributed by atoms with Crippen LogP contribution < -0.4 is 20.5 Å². The van der Waals surface area contributed by atoms with E-state index in [0.717, 1.165) is 0 Å². The molecule has 2 rings (SSSR count). The Hall–Kier alpha value is -2.77. The molecule has 3 N–H and O–H groups in total. The second-order valence-electron chi connectivity index (χ2n) is 4.31. The number of methoxy groups -OCH3 is 2. The van der Waals surface area contributed by atoms with Crippen LogP contribution >= 0.6 is 0 Å². The van der Waals surface area contributed by atoms with E-state index in [2.05, 4.69) is 15.4 Å². The van der Waals surface area contributed by atoms with Gasteiger partial charge >= 0.3 is 0 Å². The first-order valence-electron chi connectivity index (χ1n) is 6.19. The van der Waals surface area contributed by atoms with Crippen LogP contribution in [0.4, 0.5) is 5.69 Å². The van der Waals surface area contributed by atoms with Gasteiger partial charge in [0.25, 0.3) is 5.91 Å². The van der Waals surface area contributed by atoms with Crippen LogP contribution in [0.15, 0.2) is 18.5 Å². The van der Waals surface area contributed by atoms with Crippen LogP contribution in [0.25, 0.3) is 0 Å². The van der Waals surface area contributed by atoms with Gasteiger partial charge < -0.3 is 20.5 Å². The fourth-order valence-corrected chi connectivity index (χ4v) is 1.80. The van der Waals surface area contributed by atoms with Crippen LogP contribution in [0, 0.1) is 0 Å². The fraction of sp³-hybridized carbons (Fsp3) is 0.308. The highest BCUT2D eigenvalue weighted by molar-refractivity contribution is 6.00. The number of ether oxygens (including phenoxy) is 2. The molecule has 0 spiro atoms. The Morgan fingerprint density at radius 2 is 2.14 bits per heavy atom. The highest BCUT2D eigenvalue weighted by atomic mass is 16.5. The van der Waals surface area contributed by atoms with Crippen LogP contribution in [0.1, 0.15) is 16.2 Å². The van der Waals surface area contributed by atoms with E-state index in [9.17, 15) is 4.79 Å². The van der Waals surface area contributed by atoms with Crippen molar-refractivity contribution in [2.75, 3.05) is 20.0 Å². The van der Waals surface area contributed by atoms with Gasteiger partial charge in [0, 0.05) is 13.1 Å². The predicted molar refractivity (Wildman–Crippen MR) is 76.1 cm³/mol. The fourth-order valence-electron chi connectivity index (χ4n) is 1.80. The summed E-state index contributed by atoms with van der Waals surface area (Å²) in [6, 6.07) is 3.17. The quantitative estimate of drug-likeness (QED) is 0.770. The first kappa shape index (κ1) is 14.6. The molecule has 0 aliphatic rings. The molecule has 2 aromatic rings. The molecule has 8 heteroatoms. The van der Waals surface area contributed by atoms with Crippen LogP contribution in [0.2, 0.25) is 0 Å². The van der Waals surface area contributed by atoms with Crippen LogP contribution in [-0.4, -0.2) is 34.9 Å². The minimum Gasteiger partial charge on any atom is -0.497 e. The molecule has 0 fully saturated rings. The van der Waals surface area contributed by atoms with Crippen molar-refractivity contribution in [3.8, 4) is 11.5 Å². The molecule has 1 heterocycles. The minimum absolute atomic E-state index is 0.207. The Morgan fingerprint density at radius 3 is 2.71 bits per heavy atom. The molecule has 112 valence electrons. The first-order chi connectivity index (χ1) is 10.0. The summed E-state index contributed by atoms with van der Waals surface area (Å²) in [4.78, 5) is 16.2. The lowest BCUT2D eigenvalue weighted by Crippen LogP contribution is -2.24. The van der Waals surface area contributed by atoms with E-state index < -0.39 is 0 Å². The number of carbonyl (C=O) groups is 1. The normalized spacial score (nSPS) is 10.2. The molecule has 1 amide bonds. The number of carbonyl (C=O) groups excluding carboxylic acids is 1. The number of aromatic nitrogens is 3. The van der Waals surface area contributed by atoms with Gasteiger partial charge in [0.2, 0.25) is 0 Å². The number of hydrogen-bond acceptors (Lipinski definition) is 6. The van der Waals surface area contributed by atoms with Crippen molar-refractivity contribution in [1.82, 2.24) is 20.1 Å². The summed E-state index contributed by atoms with van der Waals surface area (Å²) in [6.45, 7) is 0.207. The van der Waals surface area contributed by atoms with Gasteiger partial charge in [0.05, 0.1) is 32.0 Å². The summed E-state index contributed by atoms with van der Waals surface area (Å²) in [5.41, 5.74) is 6.45. The number of nitrogen functional groups attached to an aromatic ring is 1. The Morgan fingerprint density at radius 1 is 1.38 bits per heavy atom. The van der Waals surface area contributed by atoms with Crippen molar-refractivity contribution in [3.05, 3.63) is 29.8 Å². The zero-order valence-electron chi connectivity index (χ0n) is 12.1. The maximum atomic E-state index is 12.2. The summed E-state index contributed by atoms with van der Waals surface area (Å²) >= 11 is 0. The largest absolute Gasteiger partial charge is 0.497 e. The predicted octanol–water partition coefficient (Wildman–Crippen LogP) is 0.344. The standard InChI is InChI=1S/C13H17N5O3/c1-18-7-16-11(17-18)6-15-13(19)9-4-8(20-2)5-10(21-3)12(9)14/h4-5,7H,6,14H2,1-3H3,(H,15,19). The molecule has 21 heavy (non-hydrogen) atoms. The van der Waals surface area contributed by atoms with Gasteiger partial charge in [-0.3, -0.25) is 9.48 Å². The summed E-state index contributed by atoms with van der Waals surface area (Å²) in [6.07, 6.45) is 1.56. The monoisotopic (exact) mass is 291 g/mol. The number of anilines is 1. The smallest absolute Gasteiger partial charge is 0.254 e. The highest BCUT2D eigenvalue weighted by Crippen LogP contribution is 2.30. The van der Waals surface area contributed by atoms with Crippen LogP contribution in [0.5, 0.6) is 11.5 Å². The van der Waals surface area contributed by atoms with Crippen LogP contribution in [0.3, 0.4) is 0 Å². The summed E-state index contributed by atoms with van der Waals surface area (Å²) < 4.78 is 11.8. The molecule has 0 atom stereocenters. The van der Waals surface area contributed by atoms with Gasteiger partial charge in [-0.1, -0.05) is 0 Å².